The number of carbonyl (C=O) groups is 1. The van der Waals surface area contributed by atoms with Crippen molar-refractivity contribution in [1.82, 2.24) is 15.3 Å². The molecule has 29 heavy (non-hydrogen) atoms. The summed E-state index contributed by atoms with van der Waals surface area (Å²) in [6, 6.07) is -0.217. The second-order valence-electron chi connectivity index (χ2n) is 8.78. The van der Waals surface area contributed by atoms with E-state index in [1.54, 1.807) is 12.4 Å². The van der Waals surface area contributed by atoms with Crippen molar-refractivity contribution in [2.45, 2.75) is 82.8 Å². The van der Waals surface area contributed by atoms with Crippen molar-refractivity contribution in [2.24, 2.45) is 0 Å². The van der Waals surface area contributed by atoms with Crippen LogP contribution in [0, 0.1) is 0 Å². The van der Waals surface area contributed by atoms with Gasteiger partial charge in [-0.15, -0.1) is 0 Å². The van der Waals surface area contributed by atoms with E-state index in [1.807, 2.05) is 27.7 Å². The molecule has 1 amide bonds. The van der Waals surface area contributed by atoms with Crippen LogP contribution in [0.15, 0.2) is 12.4 Å². The van der Waals surface area contributed by atoms with Crippen molar-refractivity contribution >= 4 is 24.4 Å². The van der Waals surface area contributed by atoms with Crippen LogP contribution in [0.25, 0.3) is 0 Å². The molecule has 1 aliphatic heterocycles. The lowest BCUT2D eigenvalue weighted by Gasteiger charge is -2.33. The molecule has 0 bridgehead atoms. The Morgan fingerprint density at radius 3 is 2.28 bits per heavy atom. The number of rotatable bonds is 6. The van der Waals surface area contributed by atoms with E-state index >= 15 is 0 Å². The van der Waals surface area contributed by atoms with Gasteiger partial charge in [0, 0.05) is 29.9 Å². The Balaban J connectivity index is 1.63. The lowest BCUT2D eigenvalue weighted by atomic mass is 9.81. The molecule has 1 aliphatic carbocycles. The second kappa shape index (κ2) is 8.55. The largest absolute Gasteiger partial charge is 0.498 e. The van der Waals surface area contributed by atoms with Crippen LogP contribution < -0.4 is 16.1 Å². The van der Waals surface area contributed by atoms with Gasteiger partial charge in [0.15, 0.2) is 6.10 Å². The molecule has 3 rings (SSSR count). The Kier molecular flexibility index (Phi) is 6.47. The first-order chi connectivity index (χ1) is 13.6. The maximum Gasteiger partial charge on any atom is 0.498 e. The first-order valence-electron chi connectivity index (χ1n) is 10.2. The van der Waals surface area contributed by atoms with Crippen molar-refractivity contribution < 1.29 is 24.3 Å². The van der Waals surface area contributed by atoms with Crippen LogP contribution in [0.5, 0.6) is 0 Å². The predicted octanol–water partition coefficient (Wildman–Crippen LogP) is -0.0317. The molecule has 3 atom stereocenters. The van der Waals surface area contributed by atoms with Crippen molar-refractivity contribution in [3.8, 4) is 0 Å². The highest BCUT2D eigenvalue weighted by atomic mass is 16.7. The number of carbonyl (C=O) groups excluding carboxylic acids is 1. The molecule has 0 aromatic carbocycles. The summed E-state index contributed by atoms with van der Waals surface area (Å²) in [5, 5.41) is 24.5. The quantitative estimate of drug-likeness (QED) is 0.486. The van der Waals surface area contributed by atoms with Crippen LogP contribution in [-0.2, 0) is 14.1 Å². The van der Waals surface area contributed by atoms with E-state index in [4.69, 9.17) is 14.4 Å². The smallest absolute Gasteiger partial charge is 0.399 e. The molecule has 2 heterocycles. The van der Waals surface area contributed by atoms with E-state index in [9.17, 15) is 9.90 Å². The maximum atomic E-state index is 11.9. The van der Waals surface area contributed by atoms with E-state index in [1.165, 1.54) is 0 Å². The van der Waals surface area contributed by atoms with Gasteiger partial charge in [-0.2, -0.15) is 0 Å². The summed E-state index contributed by atoms with van der Waals surface area (Å²) in [6.07, 6.45) is 5.61. The highest BCUT2D eigenvalue weighted by molar-refractivity contribution is 6.61. The molecular formula is C19H31BN4O5. The molecule has 2 fully saturated rings. The Hall–Kier alpha value is -1.75. The monoisotopic (exact) mass is 406 g/mol. The highest BCUT2D eigenvalue weighted by Crippen LogP contribution is 2.36. The van der Waals surface area contributed by atoms with Gasteiger partial charge in [-0.1, -0.05) is 12.8 Å². The summed E-state index contributed by atoms with van der Waals surface area (Å²) in [7, 11) is -0.518. The van der Waals surface area contributed by atoms with Gasteiger partial charge in [0.05, 0.1) is 17.8 Å². The second-order valence-corrected chi connectivity index (χ2v) is 8.78. The number of anilines is 1. The summed E-state index contributed by atoms with van der Waals surface area (Å²) in [4.78, 5) is 20.7. The molecule has 1 aromatic heterocycles. The molecule has 9 nitrogen and oxygen atoms in total. The zero-order valence-corrected chi connectivity index (χ0v) is 17.5. The van der Waals surface area contributed by atoms with Gasteiger partial charge in [0.25, 0.3) is 5.91 Å². The van der Waals surface area contributed by atoms with Gasteiger partial charge < -0.3 is 30.2 Å². The molecule has 1 saturated carbocycles. The first kappa shape index (κ1) is 22.0. The Morgan fingerprint density at radius 2 is 1.72 bits per heavy atom. The van der Waals surface area contributed by atoms with Crippen molar-refractivity contribution in [2.75, 3.05) is 11.9 Å². The fraction of sp³-hybridized carbons (Fsp3) is 0.737. The van der Waals surface area contributed by atoms with E-state index in [0.29, 0.717) is 5.95 Å². The SMILES string of the molecule is CC1(C)OB(c2cnc(N[C@@H]3CCCC[C@H]3NC(=O)[C@@H](O)CO)nc2)OC1(C)C. The van der Waals surface area contributed by atoms with Crippen LogP contribution >= 0.6 is 0 Å². The van der Waals surface area contributed by atoms with Gasteiger partial charge in [-0.05, 0) is 40.5 Å². The molecule has 2 aliphatic rings. The van der Waals surface area contributed by atoms with E-state index < -0.39 is 36.9 Å². The molecular weight excluding hydrogens is 375 g/mol. The average molecular weight is 406 g/mol. The number of nitrogens with one attached hydrogen (secondary N) is 2. The van der Waals surface area contributed by atoms with E-state index in [2.05, 4.69) is 20.6 Å². The minimum absolute atomic E-state index is 0.0544. The van der Waals surface area contributed by atoms with E-state index in [-0.39, 0.29) is 12.1 Å². The third-order valence-corrected chi connectivity index (χ3v) is 6.08. The zero-order valence-electron chi connectivity index (χ0n) is 17.5. The molecule has 0 spiro atoms. The molecule has 0 radical (unpaired) electrons. The molecule has 1 aromatic rings. The standard InChI is InChI=1S/C19H31BN4O5/c1-18(2)19(3,4)29-20(28-18)12-9-21-17(22-10-12)24-14-8-6-5-7-13(14)23-16(27)15(26)11-25/h9-10,13-15,25-26H,5-8,11H2,1-4H3,(H,23,27)(H,21,22,24)/t13-,14-,15+/m1/s1. The van der Waals surface area contributed by atoms with Crippen molar-refractivity contribution in [1.29, 1.82) is 0 Å². The van der Waals surface area contributed by atoms with Gasteiger partial charge in [-0.3, -0.25) is 4.79 Å². The van der Waals surface area contributed by atoms with E-state index in [0.717, 1.165) is 31.1 Å². The van der Waals surface area contributed by atoms with Crippen LogP contribution in [0.4, 0.5) is 5.95 Å². The Labute approximate surface area is 171 Å². The lowest BCUT2D eigenvalue weighted by Crippen LogP contribution is -2.52. The summed E-state index contributed by atoms with van der Waals surface area (Å²) < 4.78 is 12.0. The normalized spacial score (nSPS) is 26.8. The highest BCUT2D eigenvalue weighted by Gasteiger charge is 2.52. The summed E-state index contributed by atoms with van der Waals surface area (Å²) in [5.74, 6) is -0.109. The Bertz CT molecular complexity index is 699. The zero-order chi connectivity index (χ0) is 21.2. The maximum absolute atomic E-state index is 11.9. The average Bonchev–Trinajstić information content (AvgIpc) is 2.90. The fourth-order valence-corrected chi connectivity index (χ4v) is 3.52. The van der Waals surface area contributed by atoms with Crippen molar-refractivity contribution in [3.05, 3.63) is 12.4 Å². The number of hydrogen-bond acceptors (Lipinski definition) is 8. The summed E-state index contributed by atoms with van der Waals surface area (Å²) in [6.45, 7) is 7.38. The van der Waals surface area contributed by atoms with Gasteiger partial charge in [0.2, 0.25) is 5.95 Å². The minimum atomic E-state index is -1.41. The van der Waals surface area contributed by atoms with Crippen LogP contribution in [-0.4, -0.2) is 69.2 Å². The topological polar surface area (TPSA) is 126 Å². The number of amides is 1. The van der Waals surface area contributed by atoms with Gasteiger partial charge in [0.1, 0.15) is 0 Å². The van der Waals surface area contributed by atoms with Crippen LogP contribution in [0.3, 0.4) is 0 Å². The fourth-order valence-electron chi connectivity index (χ4n) is 3.52. The van der Waals surface area contributed by atoms with Gasteiger partial charge in [-0.25, -0.2) is 9.97 Å². The van der Waals surface area contributed by atoms with Crippen molar-refractivity contribution in [3.63, 3.8) is 0 Å². The molecule has 1 saturated heterocycles. The van der Waals surface area contributed by atoms with Crippen LogP contribution in [0.2, 0.25) is 0 Å². The number of aromatic nitrogens is 2. The molecule has 10 heteroatoms. The number of aliphatic hydroxyl groups excluding tert-OH is 2. The Morgan fingerprint density at radius 1 is 1.17 bits per heavy atom. The summed E-state index contributed by atoms with van der Waals surface area (Å²) >= 11 is 0. The molecule has 0 unspecified atom stereocenters. The third-order valence-electron chi connectivity index (χ3n) is 6.08. The number of aliphatic hydroxyl groups is 2. The van der Waals surface area contributed by atoms with Gasteiger partial charge >= 0.3 is 7.12 Å². The molecule has 160 valence electrons. The number of nitrogens with zero attached hydrogens (tertiary/aromatic N) is 2. The third kappa shape index (κ3) is 4.88. The minimum Gasteiger partial charge on any atom is -0.399 e. The van der Waals surface area contributed by atoms with Crippen LogP contribution in [0.1, 0.15) is 53.4 Å². The predicted molar refractivity (Wildman–Crippen MR) is 109 cm³/mol. The lowest BCUT2D eigenvalue weighted by molar-refractivity contribution is -0.132. The molecule has 4 N–H and O–H groups in total. The summed E-state index contributed by atoms with van der Waals surface area (Å²) in [5.41, 5.74) is -0.114. The number of hydrogen-bond donors (Lipinski definition) is 4. The first-order valence-corrected chi connectivity index (χ1v) is 10.2.